The Morgan fingerprint density at radius 3 is 2.88 bits per heavy atom. The fraction of sp³-hybridized carbons (Fsp3) is 0.464. The maximum atomic E-state index is 12.8. The second-order valence-electron chi connectivity index (χ2n) is 11.0. The first-order valence-electron chi connectivity index (χ1n) is 12.4. The molecule has 1 saturated heterocycles. The summed E-state index contributed by atoms with van der Waals surface area (Å²) >= 11 is 0. The van der Waals surface area contributed by atoms with E-state index >= 15 is 0 Å². The third-order valence-electron chi connectivity index (χ3n) is 9.52. The number of hydrogen-bond acceptors (Lipinski definition) is 5. The van der Waals surface area contributed by atoms with E-state index in [2.05, 4.69) is 36.1 Å². The van der Waals surface area contributed by atoms with Crippen LogP contribution in [-0.4, -0.2) is 44.8 Å². The van der Waals surface area contributed by atoms with Crippen molar-refractivity contribution in [3.8, 4) is 11.5 Å². The van der Waals surface area contributed by atoms with Crippen LogP contribution in [0.15, 0.2) is 36.4 Å². The monoisotopic (exact) mass is 440 g/mol. The predicted octanol–water partition coefficient (Wildman–Crippen LogP) is 3.95. The highest BCUT2D eigenvalue weighted by atomic mass is 16.5. The summed E-state index contributed by atoms with van der Waals surface area (Å²) in [5, 5.41) is 24.8. The van der Waals surface area contributed by atoms with Crippen LogP contribution in [0.25, 0.3) is 10.9 Å². The summed E-state index contributed by atoms with van der Waals surface area (Å²) in [5.41, 5.74) is 5.02. The van der Waals surface area contributed by atoms with Gasteiger partial charge >= 0.3 is 0 Å². The molecule has 3 aliphatic carbocycles. The fourth-order valence-electron chi connectivity index (χ4n) is 7.80. The van der Waals surface area contributed by atoms with Gasteiger partial charge in [0.1, 0.15) is 0 Å². The van der Waals surface area contributed by atoms with Gasteiger partial charge in [0.25, 0.3) is 0 Å². The number of phenols is 1. The van der Waals surface area contributed by atoms with E-state index < -0.39 is 11.0 Å². The van der Waals surface area contributed by atoms with E-state index in [0.717, 1.165) is 59.6 Å². The van der Waals surface area contributed by atoms with Crippen molar-refractivity contribution in [2.75, 3.05) is 13.1 Å². The number of likely N-dealkylation sites (tertiary alicyclic amines) is 1. The summed E-state index contributed by atoms with van der Waals surface area (Å²) < 4.78 is 6.64. The largest absolute Gasteiger partial charge is 0.504 e. The van der Waals surface area contributed by atoms with Crippen LogP contribution in [0.5, 0.6) is 11.5 Å². The molecule has 168 valence electrons. The Morgan fingerprint density at radius 2 is 2.03 bits per heavy atom. The Labute approximate surface area is 193 Å². The van der Waals surface area contributed by atoms with Crippen molar-refractivity contribution < 1.29 is 14.9 Å². The van der Waals surface area contributed by atoms with E-state index in [4.69, 9.17) is 9.72 Å². The van der Waals surface area contributed by atoms with Gasteiger partial charge in [-0.1, -0.05) is 24.3 Å². The van der Waals surface area contributed by atoms with E-state index in [1.54, 1.807) is 6.07 Å². The molecule has 1 aromatic heterocycles. The molecular formula is C28H28N2O3. The maximum absolute atomic E-state index is 12.8. The molecule has 2 N–H and O–H groups in total. The molecule has 3 aromatic rings. The predicted molar refractivity (Wildman–Crippen MR) is 125 cm³/mol. The van der Waals surface area contributed by atoms with Crippen LogP contribution in [0.4, 0.5) is 0 Å². The lowest BCUT2D eigenvalue weighted by atomic mass is 9.48. The molecule has 5 nitrogen and oxygen atoms in total. The van der Waals surface area contributed by atoms with Gasteiger partial charge < -0.3 is 14.9 Å². The van der Waals surface area contributed by atoms with Crippen molar-refractivity contribution in [3.63, 3.8) is 0 Å². The van der Waals surface area contributed by atoms with Gasteiger partial charge in [0.15, 0.2) is 17.6 Å². The van der Waals surface area contributed by atoms with E-state index in [1.807, 2.05) is 6.07 Å². The van der Waals surface area contributed by atoms with Crippen LogP contribution in [-0.2, 0) is 18.3 Å². The summed E-state index contributed by atoms with van der Waals surface area (Å²) in [6.07, 6.45) is 4.47. The van der Waals surface area contributed by atoms with E-state index in [-0.39, 0.29) is 17.9 Å². The van der Waals surface area contributed by atoms with Gasteiger partial charge in [-0.05, 0) is 73.9 Å². The lowest BCUT2D eigenvalue weighted by molar-refractivity contribution is -0.173. The fourth-order valence-corrected chi connectivity index (χ4v) is 7.80. The zero-order chi connectivity index (χ0) is 22.1. The van der Waals surface area contributed by atoms with Crippen LogP contribution in [0.2, 0.25) is 0 Å². The molecule has 0 amide bonds. The van der Waals surface area contributed by atoms with Gasteiger partial charge in [-0.15, -0.1) is 0 Å². The minimum absolute atomic E-state index is 0.0555. The zero-order valence-electron chi connectivity index (χ0n) is 18.8. The van der Waals surface area contributed by atoms with Crippen LogP contribution in [0.1, 0.15) is 53.3 Å². The first-order chi connectivity index (χ1) is 16.0. The number of ether oxygens (including phenoxy) is 1. The standard InChI is InChI=1S/C28H28N2O3/c1-15-18-4-2-3-5-20(18)29-24-19(15)13-28(32)22-12-17-8-9-21(31)25-23(17)27(28,26(24)33-25)10-11-30(22)14-16-6-7-16/h2-5,8-9,16,22,26,31-32H,6-7,10-14H2,1H3/t22-,26-,27?,28+/m0/s1. The molecule has 2 aromatic carbocycles. The summed E-state index contributed by atoms with van der Waals surface area (Å²) in [7, 11) is 0. The molecule has 2 aliphatic heterocycles. The SMILES string of the molecule is Cc1c2c(nc3ccccc13)[C@@H]1Oc3c(O)ccc4c3C13CCN(CC1CC1)[C@@H](C4)[C@]3(O)C2. The number of pyridine rings is 1. The van der Waals surface area contributed by atoms with Gasteiger partial charge in [-0.2, -0.15) is 0 Å². The smallest absolute Gasteiger partial charge is 0.166 e. The minimum Gasteiger partial charge on any atom is -0.504 e. The summed E-state index contributed by atoms with van der Waals surface area (Å²) in [4.78, 5) is 7.71. The Balaban J connectivity index is 1.43. The van der Waals surface area contributed by atoms with Gasteiger partial charge in [-0.25, -0.2) is 4.98 Å². The summed E-state index contributed by atoms with van der Waals surface area (Å²) in [6, 6.07) is 12.2. The molecule has 3 heterocycles. The molecule has 2 bridgehead atoms. The topological polar surface area (TPSA) is 65.8 Å². The van der Waals surface area contributed by atoms with Crippen molar-refractivity contribution in [3.05, 3.63) is 64.3 Å². The molecule has 5 heteroatoms. The molecule has 1 unspecified atom stereocenters. The van der Waals surface area contributed by atoms with Crippen molar-refractivity contribution >= 4 is 10.9 Å². The van der Waals surface area contributed by atoms with Gasteiger partial charge in [-0.3, -0.25) is 4.90 Å². The second kappa shape index (κ2) is 5.89. The Hall–Kier alpha value is -2.63. The number of nitrogens with zero attached hydrogens (tertiary/aromatic N) is 2. The number of hydrogen-bond donors (Lipinski definition) is 2. The Morgan fingerprint density at radius 1 is 1.18 bits per heavy atom. The van der Waals surface area contributed by atoms with Crippen molar-refractivity contribution in [2.45, 2.75) is 62.2 Å². The highest BCUT2D eigenvalue weighted by Gasteiger charge is 2.72. The third-order valence-corrected chi connectivity index (χ3v) is 9.52. The van der Waals surface area contributed by atoms with Gasteiger partial charge in [0.05, 0.1) is 22.2 Å². The lowest BCUT2D eigenvalue weighted by Crippen LogP contribution is -2.74. The third kappa shape index (κ3) is 2.10. The maximum Gasteiger partial charge on any atom is 0.166 e. The minimum atomic E-state index is -0.946. The van der Waals surface area contributed by atoms with Crippen molar-refractivity contribution in [1.29, 1.82) is 0 Å². The van der Waals surface area contributed by atoms with Crippen molar-refractivity contribution in [1.82, 2.24) is 9.88 Å². The van der Waals surface area contributed by atoms with Crippen LogP contribution >= 0.6 is 0 Å². The summed E-state index contributed by atoms with van der Waals surface area (Å²) in [5.74, 6) is 1.53. The van der Waals surface area contributed by atoms with E-state index in [9.17, 15) is 10.2 Å². The number of fused-ring (bicyclic) bond motifs is 3. The Kier molecular flexibility index (Phi) is 3.35. The second-order valence-corrected chi connectivity index (χ2v) is 11.0. The van der Waals surface area contributed by atoms with Crippen LogP contribution in [0.3, 0.4) is 0 Å². The van der Waals surface area contributed by atoms with Gasteiger partial charge in [0, 0.05) is 30.0 Å². The molecule has 2 fully saturated rings. The molecule has 1 saturated carbocycles. The highest BCUT2D eigenvalue weighted by Crippen LogP contribution is 2.68. The molecule has 1 spiro atoms. The number of benzene rings is 2. The van der Waals surface area contributed by atoms with Crippen LogP contribution in [0, 0.1) is 12.8 Å². The van der Waals surface area contributed by atoms with Crippen molar-refractivity contribution in [2.24, 2.45) is 5.92 Å². The number of aliphatic hydroxyl groups is 1. The summed E-state index contributed by atoms with van der Waals surface area (Å²) in [6.45, 7) is 4.20. The molecule has 33 heavy (non-hydrogen) atoms. The number of aromatic nitrogens is 1. The molecule has 5 aliphatic rings. The van der Waals surface area contributed by atoms with E-state index in [0.29, 0.717) is 12.2 Å². The number of aryl methyl sites for hydroxylation is 1. The number of phenolic OH excluding ortho intramolecular Hbond substituents is 1. The average molecular weight is 441 g/mol. The van der Waals surface area contributed by atoms with Crippen LogP contribution < -0.4 is 4.74 Å². The van der Waals surface area contributed by atoms with Gasteiger partial charge in [0.2, 0.25) is 0 Å². The zero-order valence-corrected chi connectivity index (χ0v) is 18.8. The van der Waals surface area contributed by atoms with E-state index in [1.165, 1.54) is 24.0 Å². The number of para-hydroxylation sites is 1. The molecular weight excluding hydrogens is 412 g/mol. The normalized spacial score (nSPS) is 33.5. The first-order valence-corrected chi connectivity index (χ1v) is 12.4. The Bertz CT molecular complexity index is 1360. The number of rotatable bonds is 2. The molecule has 8 rings (SSSR count). The number of piperidine rings is 1. The number of aromatic hydroxyl groups is 1. The first kappa shape index (κ1) is 18.8. The highest BCUT2D eigenvalue weighted by molar-refractivity contribution is 5.84. The quantitative estimate of drug-likeness (QED) is 0.632. The molecule has 0 radical (unpaired) electrons. The molecule has 4 atom stereocenters. The lowest BCUT2D eigenvalue weighted by Gasteiger charge is -2.63. The average Bonchev–Trinajstić information content (AvgIpc) is 3.55.